The van der Waals surface area contributed by atoms with Crippen LogP contribution in [0.1, 0.15) is 42.6 Å². The number of halogens is 1. The number of hydrogen-bond acceptors (Lipinski definition) is 6. The summed E-state index contributed by atoms with van der Waals surface area (Å²) in [6.07, 6.45) is 0.340. The molecule has 9 heteroatoms. The van der Waals surface area contributed by atoms with Crippen molar-refractivity contribution in [2.75, 3.05) is 26.3 Å². The Morgan fingerprint density at radius 2 is 2.00 bits per heavy atom. The number of morpholine rings is 1. The standard InChI is InChI=1S/C25H26FN3O5/c26-20-12-16(13-28-8-10-33-11-9-28)4-5-17(20)15-34-22-3-1-2-18-19(22)14-29(25(18)32)21-6-7-23(30)27-24(21)31/h1-5,12,21H,6-11,13-15H2,(H,27,30,31)/t21-/m0/s1/i15D2. The van der Waals surface area contributed by atoms with Crippen LogP contribution in [0, 0.1) is 5.82 Å². The lowest BCUT2D eigenvalue weighted by Crippen LogP contribution is -2.52. The molecule has 3 aliphatic heterocycles. The van der Waals surface area contributed by atoms with Crippen molar-refractivity contribution in [2.45, 2.75) is 38.5 Å². The maximum absolute atomic E-state index is 15.0. The highest BCUT2D eigenvalue weighted by molar-refractivity contribution is 6.05. The average molecular weight is 470 g/mol. The van der Waals surface area contributed by atoms with Gasteiger partial charge in [-0.25, -0.2) is 4.39 Å². The van der Waals surface area contributed by atoms with Gasteiger partial charge in [0.05, 0.1) is 22.5 Å². The summed E-state index contributed by atoms with van der Waals surface area (Å²) < 4.78 is 42.9. The van der Waals surface area contributed by atoms with Gasteiger partial charge in [-0.3, -0.25) is 24.6 Å². The molecule has 3 heterocycles. The van der Waals surface area contributed by atoms with Gasteiger partial charge in [0.2, 0.25) is 11.8 Å². The van der Waals surface area contributed by atoms with Crippen LogP contribution in [0.3, 0.4) is 0 Å². The molecule has 0 aliphatic carbocycles. The number of carbonyl (C=O) groups excluding carboxylic acids is 3. The normalized spacial score (nSPS) is 22.2. The molecular formula is C25H26FN3O5. The monoisotopic (exact) mass is 469 g/mol. The number of nitrogens with one attached hydrogen (secondary N) is 1. The van der Waals surface area contributed by atoms with Crippen molar-refractivity contribution in [2.24, 2.45) is 0 Å². The number of nitrogens with zero attached hydrogens (tertiary/aromatic N) is 2. The number of carbonyl (C=O) groups is 3. The fraction of sp³-hybridized carbons (Fsp3) is 0.400. The second kappa shape index (κ2) is 9.52. The largest absolute Gasteiger partial charge is 0.488 e. The van der Waals surface area contributed by atoms with Gasteiger partial charge in [-0.15, -0.1) is 0 Å². The van der Waals surface area contributed by atoms with Crippen molar-refractivity contribution in [3.63, 3.8) is 0 Å². The number of ether oxygens (including phenoxy) is 2. The minimum atomic E-state index is -2.51. The van der Waals surface area contributed by atoms with Crippen LogP contribution in [0.15, 0.2) is 36.4 Å². The molecule has 0 aromatic heterocycles. The summed E-state index contributed by atoms with van der Waals surface area (Å²) in [5.74, 6) is -1.94. The molecule has 3 amide bonds. The van der Waals surface area contributed by atoms with Crippen LogP contribution in [0.4, 0.5) is 4.39 Å². The van der Waals surface area contributed by atoms with E-state index in [0.717, 1.165) is 18.7 Å². The highest BCUT2D eigenvalue weighted by Crippen LogP contribution is 2.34. The van der Waals surface area contributed by atoms with E-state index >= 15 is 4.39 Å². The van der Waals surface area contributed by atoms with Gasteiger partial charge in [-0.05, 0) is 30.2 Å². The number of rotatable bonds is 6. The summed E-state index contributed by atoms with van der Waals surface area (Å²) in [4.78, 5) is 40.3. The van der Waals surface area contributed by atoms with Gasteiger partial charge in [0.25, 0.3) is 5.91 Å². The van der Waals surface area contributed by atoms with Gasteiger partial charge in [0, 0.05) is 42.7 Å². The maximum Gasteiger partial charge on any atom is 0.255 e. The number of imide groups is 1. The van der Waals surface area contributed by atoms with Crippen molar-refractivity contribution in [3.05, 3.63) is 64.5 Å². The molecule has 34 heavy (non-hydrogen) atoms. The van der Waals surface area contributed by atoms with Crippen LogP contribution in [-0.2, 0) is 34.0 Å². The second-order valence-electron chi connectivity index (χ2n) is 8.59. The zero-order valence-corrected chi connectivity index (χ0v) is 18.5. The van der Waals surface area contributed by atoms with Crippen LogP contribution in [0.2, 0.25) is 0 Å². The maximum atomic E-state index is 15.0. The summed E-state index contributed by atoms with van der Waals surface area (Å²) in [6.45, 7) is 0.802. The lowest BCUT2D eigenvalue weighted by atomic mass is 10.0. The Kier molecular flexibility index (Phi) is 5.63. The molecule has 0 saturated carbocycles. The molecule has 2 fully saturated rings. The van der Waals surface area contributed by atoms with Crippen LogP contribution >= 0.6 is 0 Å². The number of fused-ring (bicyclic) bond motifs is 1. The van der Waals surface area contributed by atoms with E-state index in [9.17, 15) is 14.4 Å². The summed E-state index contributed by atoms with van der Waals surface area (Å²) in [5.41, 5.74) is 1.17. The molecule has 2 aromatic carbocycles. The highest BCUT2D eigenvalue weighted by Gasteiger charge is 2.40. The van der Waals surface area contributed by atoms with Crippen molar-refractivity contribution in [1.29, 1.82) is 0 Å². The molecular weight excluding hydrogens is 441 g/mol. The van der Waals surface area contributed by atoms with Gasteiger partial charge in [0.1, 0.15) is 24.2 Å². The molecule has 2 saturated heterocycles. The molecule has 0 bridgehead atoms. The van der Waals surface area contributed by atoms with E-state index in [1.165, 1.54) is 23.1 Å². The Morgan fingerprint density at radius 3 is 2.76 bits per heavy atom. The van der Waals surface area contributed by atoms with Gasteiger partial charge in [-0.1, -0.05) is 18.2 Å². The third kappa shape index (κ3) is 4.53. The fourth-order valence-corrected chi connectivity index (χ4v) is 4.52. The fourth-order valence-electron chi connectivity index (χ4n) is 4.52. The Hall–Kier alpha value is -3.30. The van der Waals surface area contributed by atoms with E-state index in [-0.39, 0.29) is 42.2 Å². The predicted molar refractivity (Wildman–Crippen MR) is 119 cm³/mol. The van der Waals surface area contributed by atoms with E-state index in [4.69, 9.17) is 12.2 Å². The van der Waals surface area contributed by atoms with Crippen LogP contribution in [0.25, 0.3) is 0 Å². The lowest BCUT2D eigenvalue weighted by Gasteiger charge is -2.29. The van der Waals surface area contributed by atoms with E-state index in [0.29, 0.717) is 25.3 Å². The summed E-state index contributed by atoms with van der Waals surface area (Å²) in [5, 5.41) is 2.25. The van der Waals surface area contributed by atoms with Crippen LogP contribution in [-0.4, -0.2) is 59.9 Å². The minimum absolute atomic E-state index is 0.0215. The molecule has 5 rings (SSSR count). The smallest absolute Gasteiger partial charge is 0.255 e. The number of benzene rings is 2. The van der Waals surface area contributed by atoms with E-state index < -0.39 is 30.2 Å². The topological polar surface area (TPSA) is 88.2 Å². The van der Waals surface area contributed by atoms with Crippen molar-refractivity contribution < 1.29 is 31.0 Å². The summed E-state index contributed by atoms with van der Waals surface area (Å²) in [7, 11) is 0. The zero-order valence-electron chi connectivity index (χ0n) is 20.5. The second-order valence-corrected chi connectivity index (χ2v) is 8.59. The van der Waals surface area contributed by atoms with Crippen LogP contribution in [0.5, 0.6) is 5.75 Å². The number of amides is 3. The Morgan fingerprint density at radius 1 is 1.18 bits per heavy atom. The Balaban J connectivity index is 1.34. The molecule has 178 valence electrons. The Labute approximate surface area is 199 Å². The summed E-state index contributed by atoms with van der Waals surface area (Å²) in [6, 6.07) is 8.22. The van der Waals surface area contributed by atoms with Gasteiger partial charge >= 0.3 is 0 Å². The molecule has 8 nitrogen and oxygen atoms in total. The summed E-state index contributed by atoms with van der Waals surface area (Å²) >= 11 is 0. The number of hydrogen-bond donors (Lipinski definition) is 1. The van der Waals surface area contributed by atoms with Gasteiger partial charge < -0.3 is 14.4 Å². The van der Waals surface area contributed by atoms with Crippen molar-refractivity contribution in [3.8, 4) is 5.75 Å². The molecule has 0 radical (unpaired) electrons. The lowest BCUT2D eigenvalue weighted by molar-refractivity contribution is -0.136. The average Bonchev–Trinajstić information content (AvgIpc) is 3.17. The van der Waals surface area contributed by atoms with Crippen molar-refractivity contribution >= 4 is 17.7 Å². The first-order chi connectivity index (χ1) is 17.2. The quantitative estimate of drug-likeness (QED) is 0.652. The molecule has 1 N–H and O–H groups in total. The van der Waals surface area contributed by atoms with Crippen molar-refractivity contribution in [1.82, 2.24) is 15.1 Å². The van der Waals surface area contributed by atoms with E-state index in [2.05, 4.69) is 10.2 Å². The first kappa shape index (κ1) is 20.1. The number of piperidine rings is 1. The minimum Gasteiger partial charge on any atom is -0.488 e. The Bertz CT molecular complexity index is 1220. The third-order valence-electron chi connectivity index (χ3n) is 6.35. The molecule has 3 aliphatic rings. The van der Waals surface area contributed by atoms with E-state index in [1.807, 2.05) is 0 Å². The molecule has 0 unspecified atom stereocenters. The first-order valence-corrected chi connectivity index (χ1v) is 11.3. The van der Waals surface area contributed by atoms with Gasteiger partial charge in [-0.2, -0.15) is 0 Å². The molecule has 1 atom stereocenters. The molecule has 2 aromatic rings. The molecule has 0 spiro atoms. The SMILES string of the molecule is [2H]C([2H])(Oc1cccc2c1CN([C@H]1CCC(=O)NC1=O)C2=O)c1ccc(CN2CCOCC2)cc1F. The van der Waals surface area contributed by atoms with Crippen LogP contribution < -0.4 is 10.1 Å². The zero-order chi connectivity index (χ0) is 25.4. The first-order valence-electron chi connectivity index (χ1n) is 12.3. The van der Waals surface area contributed by atoms with E-state index in [1.54, 1.807) is 18.2 Å². The highest BCUT2D eigenvalue weighted by atomic mass is 19.1. The third-order valence-corrected chi connectivity index (χ3v) is 6.35. The van der Waals surface area contributed by atoms with Gasteiger partial charge in [0.15, 0.2) is 0 Å². The predicted octanol–water partition coefficient (Wildman–Crippen LogP) is 2.00.